The highest BCUT2D eigenvalue weighted by Crippen LogP contribution is 2.47. The molecule has 1 aromatic heterocycles. The Bertz CT molecular complexity index is 670. The number of carboxylic acids is 1. The van der Waals surface area contributed by atoms with E-state index in [1.54, 1.807) is 6.92 Å². The number of nitrogens with two attached hydrogens (primary N) is 1. The first kappa shape index (κ1) is 15.3. The highest BCUT2D eigenvalue weighted by atomic mass is 32.2. The lowest BCUT2D eigenvalue weighted by Crippen LogP contribution is -2.61. The number of aromatic nitrogens is 1. The van der Waals surface area contributed by atoms with E-state index < -0.39 is 18.0 Å². The summed E-state index contributed by atoms with van der Waals surface area (Å²) in [4.78, 5) is 29.6. The topological polar surface area (TPSA) is 117 Å². The van der Waals surface area contributed by atoms with Gasteiger partial charge < -0.3 is 20.8 Å². The Hall–Kier alpha value is -1.58. The molecule has 3 rings (SSSR count). The Morgan fingerprint density at radius 2 is 2.41 bits per heavy atom. The van der Waals surface area contributed by atoms with Crippen LogP contribution in [0, 0.1) is 5.92 Å². The van der Waals surface area contributed by atoms with E-state index in [4.69, 9.17) is 5.73 Å². The number of rotatable bonds is 5. The fraction of sp³-hybridized carbons (Fsp3) is 0.462. The van der Waals surface area contributed by atoms with Gasteiger partial charge in [0.25, 0.3) is 0 Å². The van der Waals surface area contributed by atoms with Crippen molar-refractivity contribution >= 4 is 40.1 Å². The fourth-order valence-corrected chi connectivity index (χ4v) is 4.66. The van der Waals surface area contributed by atoms with Crippen molar-refractivity contribution in [1.29, 1.82) is 0 Å². The Kier molecular flexibility index (Phi) is 3.87. The van der Waals surface area contributed by atoms with E-state index in [0.29, 0.717) is 22.2 Å². The number of carbonyl (C=O) groups excluding carboxylic acids is 1. The first-order chi connectivity index (χ1) is 10.4. The number of amides is 1. The van der Waals surface area contributed by atoms with E-state index >= 15 is 0 Å². The van der Waals surface area contributed by atoms with E-state index in [1.807, 2.05) is 5.38 Å². The number of hydrogen-bond acceptors (Lipinski definition) is 7. The molecule has 4 N–H and O–H groups in total. The average molecular weight is 341 g/mol. The number of fused-ring (bicyclic) bond motifs is 1. The van der Waals surface area contributed by atoms with Crippen LogP contribution in [-0.2, 0) is 15.3 Å². The first-order valence-electron chi connectivity index (χ1n) is 6.70. The molecule has 1 aromatic rings. The van der Waals surface area contributed by atoms with Crippen LogP contribution >= 0.6 is 23.1 Å². The summed E-state index contributed by atoms with van der Waals surface area (Å²) in [5.74, 6) is -1.43. The number of aliphatic hydroxyl groups is 1. The maximum Gasteiger partial charge on any atom is 0.353 e. The van der Waals surface area contributed by atoms with Gasteiger partial charge in [0.15, 0.2) is 5.13 Å². The van der Waals surface area contributed by atoms with E-state index in [9.17, 15) is 19.8 Å². The summed E-state index contributed by atoms with van der Waals surface area (Å²) in [7, 11) is 0. The predicted octanol–water partition coefficient (Wildman–Crippen LogP) is 0.866. The number of thiazole rings is 1. The molecule has 0 radical (unpaired) electrons. The van der Waals surface area contributed by atoms with Crippen LogP contribution in [0.1, 0.15) is 19.0 Å². The molecule has 1 fully saturated rings. The summed E-state index contributed by atoms with van der Waals surface area (Å²) in [6.45, 7) is 1.56. The standard InChI is InChI=1S/C13H15N3O4S2/c1-5(17)9-7-2-8(10(12(19)20)16(7)11(9)18)21-3-6-4-22-13(14)15-6/h4-5,7,9,17H,2-3H2,1H3,(H2,14,15)(H,19,20). The third kappa shape index (κ3) is 2.38. The number of carboxylic acid groups (broad SMARTS) is 1. The van der Waals surface area contributed by atoms with Crippen LogP contribution in [0.2, 0.25) is 0 Å². The number of β-lactam (4-membered cyclic amide) rings is 1. The Morgan fingerprint density at radius 1 is 1.68 bits per heavy atom. The molecule has 0 aliphatic carbocycles. The van der Waals surface area contributed by atoms with Gasteiger partial charge in [0, 0.05) is 22.5 Å². The zero-order valence-corrected chi connectivity index (χ0v) is 13.4. The second-order valence-corrected chi connectivity index (χ2v) is 7.25. The van der Waals surface area contributed by atoms with Crippen molar-refractivity contribution in [2.45, 2.75) is 31.2 Å². The van der Waals surface area contributed by atoms with Crippen molar-refractivity contribution in [3.05, 3.63) is 21.7 Å². The highest BCUT2D eigenvalue weighted by Gasteiger charge is 2.56. The number of aliphatic hydroxyl groups excluding tert-OH is 1. The molecular weight excluding hydrogens is 326 g/mol. The molecule has 0 aromatic carbocycles. The van der Waals surface area contributed by atoms with Crippen LogP contribution < -0.4 is 5.73 Å². The van der Waals surface area contributed by atoms with Gasteiger partial charge >= 0.3 is 5.97 Å². The zero-order valence-electron chi connectivity index (χ0n) is 11.7. The number of nitrogen functional groups attached to an aromatic ring is 1. The molecule has 118 valence electrons. The Balaban J connectivity index is 1.78. The van der Waals surface area contributed by atoms with Crippen LogP contribution in [0.15, 0.2) is 16.0 Å². The number of nitrogens with zero attached hydrogens (tertiary/aromatic N) is 2. The summed E-state index contributed by atoms with van der Waals surface area (Å²) in [5.41, 5.74) is 6.40. The summed E-state index contributed by atoms with van der Waals surface area (Å²) in [5, 5.41) is 21.4. The number of carbonyl (C=O) groups is 2. The van der Waals surface area contributed by atoms with E-state index in [2.05, 4.69) is 4.98 Å². The molecule has 22 heavy (non-hydrogen) atoms. The third-order valence-corrected chi connectivity index (χ3v) is 5.73. The fourth-order valence-electron chi connectivity index (χ4n) is 2.91. The van der Waals surface area contributed by atoms with Crippen molar-refractivity contribution in [3.63, 3.8) is 0 Å². The van der Waals surface area contributed by atoms with Crippen LogP contribution in [0.25, 0.3) is 0 Å². The third-order valence-electron chi connectivity index (χ3n) is 3.85. The molecular formula is C13H15N3O4S2. The maximum absolute atomic E-state index is 12.1. The average Bonchev–Trinajstić information content (AvgIpc) is 2.97. The van der Waals surface area contributed by atoms with Gasteiger partial charge in [0.1, 0.15) is 5.70 Å². The van der Waals surface area contributed by atoms with Gasteiger partial charge in [-0.3, -0.25) is 4.79 Å². The Morgan fingerprint density at radius 3 is 2.95 bits per heavy atom. The van der Waals surface area contributed by atoms with Crippen LogP contribution in [0.5, 0.6) is 0 Å². The van der Waals surface area contributed by atoms with Gasteiger partial charge in [0.2, 0.25) is 5.91 Å². The normalized spacial score (nSPS) is 25.2. The van der Waals surface area contributed by atoms with Crippen molar-refractivity contribution in [2.24, 2.45) is 5.92 Å². The van der Waals surface area contributed by atoms with Gasteiger partial charge in [-0.25, -0.2) is 9.78 Å². The van der Waals surface area contributed by atoms with Crippen molar-refractivity contribution in [1.82, 2.24) is 9.88 Å². The number of aliphatic carboxylic acids is 1. The van der Waals surface area contributed by atoms with E-state index in [1.165, 1.54) is 28.0 Å². The smallest absolute Gasteiger partial charge is 0.353 e. The molecule has 3 unspecified atom stereocenters. The maximum atomic E-state index is 12.1. The summed E-state index contributed by atoms with van der Waals surface area (Å²) >= 11 is 2.70. The summed E-state index contributed by atoms with van der Waals surface area (Å²) < 4.78 is 0. The van der Waals surface area contributed by atoms with Gasteiger partial charge in [-0.15, -0.1) is 23.1 Å². The van der Waals surface area contributed by atoms with Gasteiger partial charge in [0.05, 0.1) is 23.8 Å². The van der Waals surface area contributed by atoms with Crippen molar-refractivity contribution < 1.29 is 19.8 Å². The minimum atomic E-state index is -1.11. The molecule has 2 aliphatic heterocycles. The molecule has 3 heterocycles. The lowest BCUT2D eigenvalue weighted by Gasteiger charge is -2.44. The lowest BCUT2D eigenvalue weighted by atomic mass is 9.83. The minimum Gasteiger partial charge on any atom is -0.477 e. The molecule has 0 spiro atoms. The predicted molar refractivity (Wildman–Crippen MR) is 82.9 cm³/mol. The van der Waals surface area contributed by atoms with Crippen LogP contribution in [0.4, 0.5) is 5.13 Å². The lowest BCUT2D eigenvalue weighted by molar-refractivity contribution is -0.161. The number of hydrogen-bond donors (Lipinski definition) is 3. The van der Waals surface area contributed by atoms with Crippen LogP contribution in [-0.4, -0.2) is 44.1 Å². The molecule has 9 heteroatoms. The zero-order chi connectivity index (χ0) is 16.0. The van der Waals surface area contributed by atoms with Gasteiger partial charge in [-0.2, -0.15) is 0 Å². The van der Waals surface area contributed by atoms with E-state index in [0.717, 1.165) is 5.69 Å². The molecule has 1 amide bonds. The molecule has 7 nitrogen and oxygen atoms in total. The molecule has 3 atom stereocenters. The van der Waals surface area contributed by atoms with Crippen molar-refractivity contribution in [2.75, 3.05) is 5.73 Å². The summed E-state index contributed by atoms with van der Waals surface area (Å²) in [6.07, 6.45) is -0.306. The van der Waals surface area contributed by atoms with Gasteiger partial charge in [-0.05, 0) is 6.92 Å². The first-order valence-corrected chi connectivity index (χ1v) is 8.57. The monoisotopic (exact) mass is 341 g/mol. The number of anilines is 1. The van der Waals surface area contributed by atoms with Crippen molar-refractivity contribution in [3.8, 4) is 0 Å². The quantitative estimate of drug-likeness (QED) is 0.680. The van der Waals surface area contributed by atoms with Gasteiger partial charge in [-0.1, -0.05) is 0 Å². The number of thioether (sulfide) groups is 1. The molecule has 2 aliphatic rings. The Labute approximate surface area is 134 Å². The minimum absolute atomic E-state index is 0.0418. The van der Waals surface area contributed by atoms with Crippen LogP contribution in [0.3, 0.4) is 0 Å². The SMILES string of the molecule is CC(O)C1C(=O)N2C(C(=O)O)=C(SCc3csc(N)n3)CC12. The van der Waals surface area contributed by atoms with E-state index in [-0.39, 0.29) is 17.6 Å². The second-order valence-electron chi connectivity index (χ2n) is 5.29. The summed E-state index contributed by atoms with van der Waals surface area (Å²) in [6, 6.07) is -0.249. The molecule has 0 saturated carbocycles. The molecule has 1 saturated heterocycles. The second kappa shape index (κ2) is 5.56. The highest BCUT2D eigenvalue weighted by molar-refractivity contribution is 8.02. The largest absolute Gasteiger partial charge is 0.477 e. The molecule has 0 bridgehead atoms.